The molecule has 0 heterocycles. The standard InChI is InChI=1S/C22H18N2O3/c23-13-6-14-24(20-9-2-1-3-10-20)21(25)16-27-22(26)19-12-11-17-7-4-5-8-18(17)15-19/h1-5,7-12,15H,6,14,16H2. The third-order valence-corrected chi connectivity index (χ3v) is 4.13. The molecule has 0 radical (unpaired) electrons. The lowest BCUT2D eigenvalue weighted by atomic mass is 10.1. The Labute approximate surface area is 157 Å². The number of nitriles is 1. The first kappa shape index (κ1) is 18.2. The molecule has 0 aliphatic carbocycles. The van der Waals surface area contributed by atoms with Gasteiger partial charge < -0.3 is 9.64 Å². The van der Waals surface area contributed by atoms with Crippen LogP contribution in [0.25, 0.3) is 10.8 Å². The lowest BCUT2D eigenvalue weighted by Gasteiger charge is -2.21. The summed E-state index contributed by atoms with van der Waals surface area (Å²) in [5.41, 5.74) is 1.06. The van der Waals surface area contributed by atoms with E-state index >= 15 is 0 Å². The van der Waals surface area contributed by atoms with E-state index in [2.05, 4.69) is 0 Å². The lowest BCUT2D eigenvalue weighted by molar-refractivity contribution is -0.121. The summed E-state index contributed by atoms with van der Waals surface area (Å²) < 4.78 is 5.21. The van der Waals surface area contributed by atoms with Crippen molar-refractivity contribution in [1.29, 1.82) is 5.26 Å². The predicted molar refractivity (Wildman–Crippen MR) is 103 cm³/mol. The van der Waals surface area contributed by atoms with Gasteiger partial charge in [0, 0.05) is 12.2 Å². The number of ether oxygens (including phenoxy) is 1. The molecule has 0 unspecified atom stereocenters. The van der Waals surface area contributed by atoms with Gasteiger partial charge in [0.15, 0.2) is 6.61 Å². The van der Waals surface area contributed by atoms with Gasteiger partial charge in [-0.25, -0.2) is 4.79 Å². The molecule has 3 rings (SSSR count). The average Bonchev–Trinajstić information content (AvgIpc) is 2.72. The summed E-state index contributed by atoms with van der Waals surface area (Å²) in [7, 11) is 0. The molecule has 0 aliphatic rings. The molecule has 0 fully saturated rings. The van der Waals surface area contributed by atoms with Gasteiger partial charge in [-0.05, 0) is 35.0 Å². The van der Waals surface area contributed by atoms with Crippen LogP contribution < -0.4 is 4.90 Å². The van der Waals surface area contributed by atoms with Crippen molar-refractivity contribution in [3.05, 3.63) is 78.4 Å². The molecule has 5 nitrogen and oxygen atoms in total. The van der Waals surface area contributed by atoms with Gasteiger partial charge in [-0.3, -0.25) is 4.79 Å². The van der Waals surface area contributed by atoms with Gasteiger partial charge in [0.2, 0.25) is 0 Å². The fourth-order valence-corrected chi connectivity index (χ4v) is 2.77. The zero-order chi connectivity index (χ0) is 19.1. The first-order chi connectivity index (χ1) is 13.2. The molecule has 3 aromatic carbocycles. The molecule has 0 spiro atoms. The summed E-state index contributed by atoms with van der Waals surface area (Å²) in [5, 5.41) is 10.8. The monoisotopic (exact) mass is 358 g/mol. The van der Waals surface area contributed by atoms with Gasteiger partial charge in [0.1, 0.15) is 0 Å². The molecule has 0 aliphatic heterocycles. The fraction of sp³-hybridized carbons (Fsp3) is 0.136. The van der Waals surface area contributed by atoms with Crippen molar-refractivity contribution >= 4 is 28.3 Å². The van der Waals surface area contributed by atoms with Crippen molar-refractivity contribution in [3.63, 3.8) is 0 Å². The summed E-state index contributed by atoms with van der Waals surface area (Å²) in [4.78, 5) is 26.3. The number of fused-ring (bicyclic) bond motifs is 1. The Balaban J connectivity index is 1.68. The van der Waals surface area contributed by atoms with Crippen LogP contribution in [-0.2, 0) is 9.53 Å². The molecule has 5 heteroatoms. The molecular weight excluding hydrogens is 340 g/mol. The maximum Gasteiger partial charge on any atom is 0.338 e. The van der Waals surface area contributed by atoms with Gasteiger partial charge in [-0.15, -0.1) is 0 Å². The van der Waals surface area contributed by atoms with Crippen LogP contribution in [0.3, 0.4) is 0 Å². The van der Waals surface area contributed by atoms with Crippen LogP contribution in [0.1, 0.15) is 16.8 Å². The summed E-state index contributed by atoms with van der Waals surface area (Å²) >= 11 is 0. The van der Waals surface area contributed by atoms with Crippen molar-refractivity contribution in [2.24, 2.45) is 0 Å². The molecule has 27 heavy (non-hydrogen) atoms. The topological polar surface area (TPSA) is 70.4 Å². The molecule has 0 saturated carbocycles. The molecule has 0 saturated heterocycles. The fourth-order valence-electron chi connectivity index (χ4n) is 2.77. The Morgan fingerprint density at radius 1 is 0.926 bits per heavy atom. The SMILES string of the molecule is N#CCCN(C(=O)COC(=O)c1ccc2ccccc2c1)c1ccccc1. The van der Waals surface area contributed by atoms with Crippen molar-refractivity contribution in [2.45, 2.75) is 6.42 Å². The predicted octanol–water partition coefficient (Wildman–Crippen LogP) is 3.94. The number of carbonyl (C=O) groups excluding carboxylic acids is 2. The van der Waals surface area contributed by atoms with Crippen LogP contribution in [-0.4, -0.2) is 25.0 Å². The molecule has 0 N–H and O–H groups in total. The Kier molecular flexibility index (Phi) is 5.80. The summed E-state index contributed by atoms with van der Waals surface area (Å²) in [6, 6.07) is 24.0. The molecular formula is C22H18N2O3. The highest BCUT2D eigenvalue weighted by molar-refractivity contribution is 5.99. The minimum atomic E-state index is -0.553. The molecule has 0 bridgehead atoms. The van der Waals surface area contributed by atoms with Crippen molar-refractivity contribution in [2.75, 3.05) is 18.1 Å². The number of esters is 1. The van der Waals surface area contributed by atoms with Crippen molar-refractivity contribution < 1.29 is 14.3 Å². The second kappa shape index (κ2) is 8.63. The minimum Gasteiger partial charge on any atom is -0.452 e. The van der Waals surface area contributed by atoms with Crippen molar-refractivity contribution in [3.8, 4) is 6.07 Å². The van der Waals surface area contributed by atoms with E-state index in [-0.39, 0.29) is 25.5 Å². The summed E-state index contributed by atoms with van der Waals surface area (Å²) in [6.07, 6.45) is 0.194. The number of amides is 1. The van der Waals surface area contributed by atoms with E-state index in [1.54, 1.807) is 24.3 Å². The van der Waals surface area contributed by atoms with Gasteiger partial charge in [-0.1, -0.05) is 48.5 Å². The zero-order valence-corrected chi connectivity index (χ0v) is 14.7. The first-order valence-electron chi connectivity index (χ1n) is 8.57. The van der Waals surface area contributed by atoms with E-state index in [1.807, 2.05) is 54.6 Å². The van der Waals surface area contributed by atoms with Crippen LogP contribution in [0.15, 0.2) is 72.8 Å². The Morgan fingerprint density at radius 2 is 1.63 bits per heavy atom. The Hall–Kier alpha value is -3.65. The van der Waals surface area contributed by atoms with Gasteiger partial charge >= 0.3 is 5.97 Å². The number of rotatable bonds is 6. The van der Waals surface area contributed by atoms with E-state index in [0.29, 0.717) is 11.3 Å². The normalized spacial score (nSPS) is 10.2. The van der Waals surface area contributed by atoms with E-state index in [1.165, 1.54) is 4.90 Å². The zero-order valence-electron chi connectivity index (χ0n) is 14.7. The maximum absolute atomic E-state index is 12.5. The highest BCUT2D eigenvalue weighted by atomic mass is 16.5. The number of benzene rings is 3. The number of carbonyl (C=O) groups is 2. The van der Waals surface area contributed by atoms with Gasteiger partial charge in [0.05, 0.1) is 18.1 Å². The lowest BCUT2D eigenvalue weighted by Crippen LogP contribution is -2.35. The molecule has 1 amide bonds. The number of para-hydroxylation sites is 1. The number of hydrogen-bond acceptors (Lipinski definition) is 4. The second-order valence-electron chi connectivity index (χ2n) is 5.93. The van der Waals surface area contributed by atoms with Crippen molar-refractivity contribution in [1.82, 2.24) is 0 Å². The minimum absolute atomic E-state index is 0.194. The number of nitrogens with zero attached hydrogens (tertiary/aromatic N) is 2. The second-order valence-corrected chi connectivity index (χ2v) is 5.93. The van der Waals surface area contributed by atoms with Crippen LogP contribution in [0, 0.1) is 11.3 Å². The average molecular weight is 358 g/mol. The Morgan fingerprint density at radius 3 is 2.37 bits per heavy atom. The van der Waals surface area contributed by atoms with E-state index in [9.17, 15) is 9.59 Å². The van der Waals surface area contributed by atoms with Crippen LogP contribution >= 0.6 is 0 Å². The van der Waals surface area contributed by atoms with Crippen LogP contribution in [0.5, 0.6) is 0 Å². The largest absolute Gasteiger partial charge is 0.452 e. The van der Waals surface area contributed by atoms with Crippen LogP contribution in [0.2, 0.25) is 0 Å². The first-order valence-corrected chi connectivity index (χ1v) is 8.57. The molecule has 0 aromatic heterocycles. The van der Waals surface area contributed by atoms with E-state index in [0.717, 1.165) is 10.8 Å². The summed E-state index contributed by atoms with van der Waals surface area (Å²) in [5.74, 6) is -0.923. The van der Waals surface area contributed by atoms with E-state index in [4.69, 9.17) is 10.00 Å². The Bertz CT molecular complexity index is 993. The number of hydrogen-bond donors (Lipinski definition) is 0. The maximum atomic E-state index is 12.5. The third kappa shape index (κ3) is 4.50. The van der Waals surface area contributed by atoms with Gasteiger partial charge in [0.25, 0.3) is 5.91 Å². The highest BCUT2D eigenvalue weighted by Gasteiger charge is 2.18. The molecule has 3 aromatic rings. The van der Waals surface area contributed by atoms with E-state index < -0.39 is 5.97 Å². The number of anilines is 1. The summed E-state index contributed by atoms with van der Waals surface area (Å²) in [6.45, 7) is -0.140. The quantitative estimate of drug-likeness (QED) is 0.626. The van der Waals surface area contributed by atoms with Gasteiger partial charge in [-0.2, -0.15) is 5.26 Å². The smallest absolute Gasteiger partial charge is 0.338 e. The molecule has 134 valence electrons. The third-order valence-electron chi connectivity index (χ3n) is 4.13. The highest BCUT2D eigenvalue weighted by Crippen LogP contribution is 2.17. The van der Waals surface area contributed by atoms with Crippen LogP contribution in [0.4, 0.5) is 5.69 Å². The molecule has 0 atom stereocenters.